The predicted octanol–water partition coefficient (Wildman–Crippen LogP) is 5.47. The number of Topliss-reactive ketones (excluding diaryl/α,β-unsaturated/α-hetero) is 1. The van der Waals surface area contributed by atoms with Crippen LogP contribution in [0.15, 0.2) is 48.5 Å². The van der Waals surface area contributed by atoms with Gasteiger partial charge in [-0.1, -0.05) is 61.8 Å². The maximum Gasteiger partial charge on any atom is 0.303 e. The lowest BCUT2D eigenvalue weighted by Gasteiger charge is -2.25. The van der Waals surface area contributed by atoms with Crippen LogP contribution in [-0.4, -0.2) is 16.9 Å². The van der Waals surface area contributed by atoms with Gasteiger partial charge < -0.3 is 5.11 Å². The molecule has 2 rings (SSSR count). The van der Waals surface area contributed by atoms with E-state index in [1.807, 2.05) is 50.2 Å². The van der Waals surface area contributed by atoms with Crippen LogP contribution in [0.3, 0.4) is 0 Å². The molecule has 126 valence electrons. The fourth-order valence-electron chi connectivity index (χ4n) is 2.66. The maximum absolute atomic E-state index is 12.5. The molecule has 0 aromatic heterocycles. The normalized spacial score (nSPS) is 13.3. The lowest BCUT2D eigenvalue weighted by Crippen LogP contribution is -2.23. The number of carboxylic acids is 1. The average Bonchev–Trinajstić information content (AvgIpc) is 2.55. The number of carbonyl (C=O) groups is 2. The van der Waals surface area contributed by atoms with Crippen LogP contribution in [0.4, 0.5) is 0 Å². The number of ketones is 1. The first kappa shape index (κ1) is 18.2. The molecule has 0 saturated heterocycles. The Bertz CT molecular complexity index is 720. The van der Waals surface area contributed by atoms with Crippen LogP contribution in [0.2, 0.25) is 5.02 Å². The molecule has 0 radical (unpaired) electrons. The summed E-state index contributed by atoms with van der Waals surface area (Å²) in [6.45, 7) is 3.76. The van der Waals surface area contributed by atoms with Crippen LogP contribution in [-0.2, 0) is 4.79 Å². The van der Waals surface area contributed by atoms with E-state index in [9.17, 15) is 9.59 Å². The van der Waals surface area contributed by atoms with E-state index in [1.165, 1.54) is 0 Å². The van der Waals surface area contributed by atoms with E-state index in [1.54, 1.807) is 12.1 Å². The molecule has 0 fully saturated rings. The van der Waals surface area contributed by atoms with Crippen LogP contribution in [0.5, 0.6) is 0 Å². The molecule has 1 N–H and O–H groups in total. The highest BCUT2D eigenvalue weighted by atomic mass is 35.5. The van der Waals surface area contributed by atoms with Crippen molar-refractivity contribution < 1.29 is 14.7 Å². The molecule has 0 amide bonds. The summed E-state index contributed by atoms with van der Waals surface area (Å²) in [5.41, 5.74) is 2.13. The highest BCUT2D eigenvalue weighted by molar-refractivity contribution is 6.30. The fraction of sp³-hybridized carbons (Fsp3) is 0.300. The topological polar surface area (TPSA) is 54.4 Å². The Labute approximate surface area is 147 Å². The Kier molecular flexibility index (Phi) is 5.79. The van der Waals surface area contributed by atoms with Crippen LogP contribution in [0.25, 0.3) is 11.1 Å². The van der Waals surface area contributed by atoms with E-state index in [2.05, 4.69) is 0 Å². The molecule has 2 aromatic carbocycles. The molecular formula is C20H21ClO3. The van der Waals surface area contributed by atoms with E-state index in [0.717, 1.165) is 11.1 Å². The Hall–Kier alpha value is -2.13. The molecule has 2 aromatic rings. The summed E-state index contributed by atoms with van der Waals surface area (Å²) >= 11 is 5.89. The highest BCUT2D eigenvalue weighted by Gasteiger charge is 2.28. The summed E-state index contributed by atoms with van der Waals surface area (Å²) in [7, 11) is 0. The number of rotatable bonds is 7. The second-order valence-electron chi connectivity index (χ2n) is 6.42. The zero-order valence-corrected chi connectivity index (χ0v) is 14.6. The first-order valence-corrected chi connectivity index (χ1v) is 8.32. The smallest absolute Gasteiger partial charge is 0.303 e. The largest absolute Gasteiger partial charge is 0.481 e. The van der Waals surface area contributed by atoms with Crippen molar-refractivity contribution in [1.82, 2.24) is 0 Å². The van der Waals surface area contributed by atoms with Gasteiger partial charge in [-0.05, 0) is 35.1 Å². The van der Waals surface area contributed by atoms with E-state index < -0.39 is 11.4 Å². The number of aliphatic carboxylic acids is 1. The molecule has 0 spiro atoms. The Morgan fingerprint density at radius 2 is 1.46 bits per heavy atom. The molecule has 0 bridgehead atoms. The predicted molar refractivity (Wildman–Crippen MR) is 96.5 cm³/mol. The van der Waals surface area contributed by atoms with Gasteiger partial charge in [-0.15, -0.1) is 0 Å². The quantitative estimate of drug-likeness (QED) is 0.677. The highest BCUT2D eigenvalue weighted by Crippen LogP contribution is 2.32. The molecule has 0 saturated carbocycles. The van der Waals surface area contributed by atoms with Crippen molar-refractivity contribution in [3.63, 3.8) is 0 Å². The Morgan fingerprint density at radius 1 is 0.958 bits per heavy atom. The van der Waals surface area contributed by atoms with Crippen LogP contribution < -0.4 is 0 Å². The number of benzene rings is 2. The fourth-order valence-corrected chi connectivity index (χ4v) is 2.78. The van der Waals surface area contributed by atoms with Gasteiger partial charge in [0.2, 0.25) is 0 Å². The van der Waals surface area contributed by atoms with Crippen molar-refractivity contribution in [2.45, 2.75) is 33.1 Å². The summed E-state index contributed by atoms with van der Waals surface area (Å²) in [4.78, 5) is 23.5. The van der Waals surface area contributed by atoms with Crippen molar-refractivity contribution in [2.75, 3.05) is 0 Å². The third kappa shape index (κ3) is 4.68. The Balaban J connectivity index is 2.13. The van der Waals surface area contributed by atoms with Gasteiger partial charge in [-0.25, -0.2) is 0 Å². The zero-order valence-electron chi connectivity index (χ0n) is 13.9. The van der Waals surface area contributed by atoms with E-state index >= 15 is 0 Å². The first-order valence-electron chi connectivity index (χ1n) is 7.94. The maximum atomic E-state index is 12.5. The van der Waals surface area contributed by atoms with Crippen molar-refractivity contribution >= 4 is 23.4 Å². The van der Waals surface area contributed by atoms with Gasteiger partial charge in [0.1, 0.15) is 0 Å². The van der Waals surface area contributed by atoms with Crippen molar-refractivity contribution in [1.29, 1.82) is 0 Å². The molecule has 0 aliphatic carbocycles. The molecule has 0 aliphatic heterocycles. The second-order valence-corrected chi connectivity index (χ2v) is 6.86. The zero-order chi connectivity index (χ0) is 17.7. The monoisotopic (exact) mass is 344 g/mol. The SMILES string of the molecule is CCC(C)(CC(=O)O)CC(=O)c1ccc(-c2ccc(Cl)cc2)cc1. The van der Waals surface area contributed by atoms with Gasteiger partial charge >= 0.3 is 5.97 Å². The third-order valence-electron chi connectivity index (χ3n) is 4.40. The summed E-state index contributed by atoms with van der Waals surface area (Å²) < 4.78 is 0. The number of hydrogen-bond acceptors (Lipinski definition) is 2. The minimum absolute atomic E-state index is 0.00189. The van der Waals surface area contributed by atoms with Crippen LogP contribution >= 0.6 is 11.6 Å². The van der Waals surface area contributed by atoms with E-state index in [0.29, 0.717) is 17.0 Å². The molecule has 0 heterocycles. The van der Waals surface area contributed by atoms with Crippen molar-refractivity contribution in [2.24, 2.45) is 5.41 Å². The summed E-state index contributed by atoms with van der Waals surface area (Å²) in [5.74, 6) is -0.895. The van der Waals surface area contributed by atoms with Gasteiger partial charge in [-0.3, -0.25) is 9.59 Å². The third-order valence-corrected chi connectivity index (χ3v) is 4.66. The Morgan fingerprint density at radius 3 is 1.92 bits per heavy atom. The van der Waals surface area contributed by atoms with Crippen molar-refractivity contribution in [3.05, 3.63) is 59.1 Å². The van der Waals surface area contributed by atoms with Gasteiger partial charge in [0, 0.05) is 17.0 Å². The number of carboxylic acid groups (broad SMARTS) is 1. The lowest BCUT2D eigenvalue weighted by molar-refractivity contribution is -0.139. The van der Waals surface area contributed by atoms with Crippen LogP contribution in [0, 0.1) is 5.41 Å². The summed E-state index contributed by atoms with van der Waals surface area (Å²) in [6, 6.07) is 14.9. The van der Waals surface area contributed by atoms with Gasteiger partial charge in [-0.2, -0.15) is 0 Å². The average molecular weight is 345 g/mol. The van der Waals surface area contributed by atoms with E-state index in [-0.39, 0.29) is 18.6 Å². The van der Waals surface area contributed by atoms with E-state index in [4.69, 9.17) is 16.7 Å². The van der Waals surface area contributed by atoms with Crippen molar-refractivity contribution in [3.8, 4) is 11.1 Å². The summed E-state index contributed by atoms with van der Waals surface area (Å²) in [6.07, 6.45) is 0.877. The van der Waals surface area contributed by atoms with Gasteiger partial charge in [0.15, 0.2) is 5.78 Å². The molecule has 1 atom stereocenters. The number of carbonyl (C=O) groups excluding carboxylic acids is 1. The number of halogens is 1. The van der Waals surface area contributed by atoms with Gasteiger partial charge in [0.25, 0.3) is 0 Å². The molecular weight excluding hydrogens is 324 g/mol. The minimum atomic E-state index is -0.870. The van der Waals surface area contributed by atoms with Gasteiger partial charge in [0.05, 0.1) is 6.42 Å². The second kappa shape index (κ2) is 7.63. The van der Waals surface area contributed by atoms with Crippen LogP contribution in [0.1, 0.15) is 43.5 Å². The molecule has 24 heavy (non-hydrogen) atoms. The molecule has 1 unspecified atom stereocenters. The number of hydrogen-bond donors (Lipinski definition) is 1. The molecule has 3 nitrogen and oxygen atoms in total. The minimum Gasteiger partial charge on any atom is -0.481 e. The molecule has 4 heteroatoms. The lowest BCUT2D eigenvalue weighted by atomic mass is 9.78. The first-order chi connectivity index (χ1) is 11.3. The molecule has 0 aliphatic rings. The summed E-state index contributed by atoms with van der Waals surface area (Å²) in [5, 5.41) is 9.71. The standard InChI is InChI=1S/C20H21ClO3/c1-3-20(2,13-19(23)24)12-18(22)16-6-4-14(5-7-16)15-8-10-17(21)11-9-15/h4-11H,3,12-13H2,1-2H3,(H,23,24).